The predicted octanol–water partition coefficient (Wildman–Crippen LogP) is 4.98. The van der Waals surface area contributed by atoms with E-state index in [4.69, 9.17) is 9.15 Å². The van der Waals surface area contributed by atoms with Crippen LogP contribution in [0, 0.1) is 5.82 Å². The van der Waals surface area contributed by atoms with Crippen LogP contribution in [0.3, 0.4) is 0 Å². The van der Waals surface area contributed by atoms with Crippen LogP contribution >= 0.6 is 0 Å². The molecule has 0 spiro atoms. The van der Waals surface area contributed by atoms with E-state index in [1.165, 1.54) is 12.1 Å². The fourth-order valence-corrected chi connectivity index (χ4v) is 2.67. The lowest BCUT2D eigenvalue weighted by Crippen LogP contribution is -2.24. The maximum absolute atomic E-state index is 13.0. The van der Waals surface area contributed by atoms with Gasteiger partial charge >= 0.3 is 0 Å². The molecule has 0 saturated carbocycles. The number of amides is 1. The summed E-state index contributed by atoms with van der Waals surface area (Å²) < 4.78 is 24.3. The quantitative estimate of drug-likeness (QED) is 0.571. The molecule has 0 fully saturated rings. The van der Waals surface area contributed by atoms with Gasteiger partial charge < -0.3 is 14.5 Å². The van der Waals surface area contributed by atoms with E-state index in [1.807, 2.05) is 37.3 Å². The van der Waals surface area contributed by atoms with Gasteiger partial charge in [-0.1, -0.05) is 30.3 Å². The molecule has 1 amide bonds. The molecule has 27 heavy (non-hydrogen) atoms. The van der Waals surface area contributed by atoms with Gasteiger partial charge in [-0.2, -0.15) is 0 Å². The van der Waals surface area contributed by atoms with E-state index < -0.39 is 0 Å². The fraction of sp³-hybridized carbons (Fsp3) is 0.227. The number of benzene rings is 2. The third kappa shape index (κ3) is 5.28. The Kier molecular flexibility index (Phi) is 6.39. The third-order valence-corrected chi connectivity index (χ3v) is 4.20. The average molecular weight is 367 g/mol. The Morgan fingerprint density at radius 2 is 1.81 bits per heavy atom. The molecule has 140 valence electrons. The fourth-order valence-electron chi connectivity index (χ4n) is 2.67. The maximum atomic E-state index is 13.0. The zero-order valence-corrected chi connectivity index (χ0v) is 15.2. The van der Waals surface area contributed by atoms with Crippen LogP contribution < -0.4 is 5.32 Å². The van der Waals surface area contributed by atoms with Gasteiger partial charge in [-0.15, -0.1) is 0 Å². The van der Waals surface area contributed by atoms with Crippen molar-refractivity contribution in [3.63, 3.8) is 0 Å². The molecule has 0 saturated heterocycles. The van der Waals surface area contributed by atoms with Gasteiger partial charge in [0.15, 0.2) is 5.76 Å². The largest absolute Gasteiger partial charge is 0.451 e. The van der Waals surface area contributed by atoms with Crippen LogP contribution in [-0.2, 0) is 4.74 Å². The summed E-state index contributed by atoms with van der Waals surface area (Å²) in [4.78, 5) is 12.2. The molecule has 5 heteroatoms. The summed E-state index contributed by atoms with van der Waals surface area (Å²) in [7, 11) is 0. The summed E-state index contributed by atoms with van der Waals surface area (Å²) >= 11 is 0. The Hall–Kier alpha value is -2.92. The second-order valence-corrected chi connectivity index (χ2v) is 6.20. The summed E-state index contributed by atoms with van der Waals surface area (Å²) in [6.07, 6.45) is 0.722. The lowest BCUT2D eigenvalue weighted by molar-refractivity contribution is 0.0633. The molecule has 0 aliphatic carbocycles. The number of ether oxygens (including phenoxy) is 1. The summed E-state index contributed by atoms with van der Waals surface area (Å²) in [5.74, 6) is 0.166. The monoisotopic (exact) mass is 367 g/mol. The van der Waals surface area contributed by atoms with Crippen molar-refractivity contribution >= 4 is 5.91 Å². The molecule has 1 N–H and O–H groups in total. The normalized spacial score (nSPS) is 11.9. The summed E-state index contributed by atoms with van der Waals surface area (Å²) in [6, 6.07) is 19.3. The Bertz CT molecular complexity index is 859. The minimum atomic E-state index is -0.313. The van der Waals surface area contributed by atoms with Crippen LogP contribution in [0.25, 0.3) is 11.3 Å². The van der Waals surface area contributed by atoms with Crippen LogP contribution in [-0.4, -0.2) is 19.1 Å². The van der Waals surface area contributed by atoms with Gasteiger partial charge in [-0.3, -0.25) is 4.79 Å². The molecular formula is C22H22FNO3. The van der Waals surface area contributed by atoms with Crippen LogP contribution in [0.4, 0.5) is 4.39 Å². The number of carbonyl (C=O) groups is 1. The molecule has 1 atom stereocenters. The third-order valence-electron chi connectivity index (χ3n) is 4.20. The van der Waals surface area contributed by atoms with Crippen LogP contribution in [0.1, 0.15) is 35.6 Å². The number of carbonyl (C=O) groups excluding carboxylic acids is 1. The Morgan fingerprint density at radius 1 is 1.07 bits per heavy atom. The van der Waals surface area contributed by atoms with Gasteiger partial charge in [0, 0.05) is 18.7 Å². The minimum absolute atomic E-state index is 0.0187. The molecule has 3 aromatic rings. The van der Waals surface area contributed by atoms with Crippen molar-refractivity contribution in [2.24, 2.45) is 0 Å². The van der Waals surface area contributed by atoms with E-state index >= 15 is 0 Å². The van der Waals surface area contributed by atoms with Crippen LogP contribution in [0.2, 0.25) is 0 Å². The van der Waals surface area contributed by atoms with E-state index in [9.17, 15) is 9.18 Å². The Morgan fingerprint density at radius 3 is 2.56 bits per heavy atom. The SMILES string of the molecule is CC(OCCCNC(=O)c1ccc(-c2ccc(F)cc2)o1)c1ccccc1. The van der Waals surface area contributed by atoms with Crippen molar-refractivity contribution in [3.8, 4) is 11.3 Å². The summed E-state index contributed by atoms with van der Waals surface area (Å²) in [5.41, 5.74) is 1.85. The van der Waals surface area contributed by atoms with Gasteiger partial charge in [0.1, 0.15) is 11.6 Å². The molecular weight excluding hydrogens is 345 g/mol. The Balaban J connectivity index is 1.41. The summed E-state index contributed by atoms with van der Waals surface area (Å²) in [5, 5.41) is 2.81. The minimum Gasteiger partial charge on any atom is -0.451 e. The van der Waals surface area contributed by atoms with Crippen molar-refractivity contribution < 1.29 is 18.3 Å². The van der Waals surface area contributed by atoms with Crippen LogP contribution in [0.15, 0.2) is 71.1 Å². The van der Waals surface area contributed by atoms with E-state index in [0.717, 1.165) is 11.1 Å². The van der Waals surface area contributed by atoms with Crippen molar-refractivity contribution in [1.82, 2.24) is 5.32 Å². The first-order valence-corrected chi connectivity index (χ1v) is 8.94. The van der Waals surface area contributed by atoms with Gasteiger partial charge in [0.05, 0.1) is 6.10 Å². The lowest BCUT2D eigenvalue weighted by Gasteiger charge is -2.13. The molecule has 1 aromatic heterocycles. The highest BCUT2D eigenvalue weighted by molar-refractivity contribution is 5.92. The first kappa shape index (κ1) is 18.9. The van der Waals surface area contributed by atoms with Crippen molar-refractivity contribution in [3.05, 3.63) is 83.9 Å². The van der Waals surface area contributed by atoms with Crippen molar-refractivity contribution in [2.75, 3.05) is 13.2 Å². The first-order chi connectivity index (χ1) is 13.1. The van der Waals surface area contributed by atoms with Crippen molar-refractivity contribution in [1.29, 1.82) is 0 Å². The van der Waals surface area contributed by atoms with Crippen molar-refractivity contribution in [2.45, 2.75) is 19.4 Å². The topological polar surface area (TPSA) is 51.5 Å². The van der Waals surface area contributed by atoms with E-state index in [-0.39, 0.29) is 23.6 Å². The Labute approximate surface area is 158 Å². The molecule has 0 aliphatic heterocycles. The van der Waals surface area contributed by atoms with Gasteiger partial charge in [-0.05, 0) is 55.3 Å². The molecule has 2 aromatic carbocycles. The number of halogens is 1. The second-order valence-electron chi connectivity index (χ2n) is 6.20. The highest BCUT2D eigenvalue weighted by atomic mass is 19.1. The van der Waals surface area contributed by atoms with E-state index in [1.54, 1.807) is 24.3 Å². The number of furan rings is 1. The second kappa shape index (κ2) is 9.14. The highest BCUT2D eigenvalue weighted by Gasteiger charge is 2.12. The van der Waals surface area contributed by atoms with E-state index in [2.05, 4.69) is 5.32 Å². The molecule has 4 nitrogen and oxygen atoms in total. The molecule has 0 bridgehead atoms. The summed E-state index contributed by atoms with van der Waals surface area (Å²) in [6.45, 7) is 3.05. The molecule has 1 heterocycles. The standard InChI is InChI=1S/C22H22FNO3/c1-16(17-6-3-2-4-7-17)26-15-5-14-24-22(25)21-13-12-20(27-21)18-8-10-19(23)11-9-18/h2-4,6-13,16H,5,14-15H2,1H3,(H,24,25). The lowest BCUT2D eigenvalue weighted by atomic mass is 10.1. The first-order valence-electron chi connectivity index (χ1n) is 8.94. The molecule has 3 rings (SSSR count). The van der Waals surface area contributed by atoms with Gasteiger partial charge in [0.25, 0.3) is 5.91 Å². The zero-order chi connectivity index (χ0) is 19.1. The molecule has 0 radical (unpaired) electrons. The van der Waals surface area contributed by atoms with E-state index in [0.29, 0.717) is 25.3 Å². The number of hydrogen-bond acceptors (Lipinski definition) is 3. The number of hydrogen-bond donors (Lipinski definition) is 1. The van der Waals surface area contributed by atoms with Crippen LogP contribution in [0.5, 0.6) is 0 Å². The smallest absolute Gasteiger partial charge is 0.287 e. The average Bonchev–Trinajstić information content (AvgIpc) is 3.19. The molecule has 0 aliphatic rings. The maximum Gasteiger partial charge on any atom is 0.287 e. The molecule has 1 unspecified atom stereocenters. The predicted molar refractivity (Wildman–Crippen MR) is 102 cm³/mol. The highest BCUT2D eigenvalue weighted by Crippen LogP contribution is 2.22. The zero-order valence-electron chi connectivity index (χ0n) is 15.2. The number of rotatable bonds is 8. The van der Waals surface area contributed by atoms with Gasteiger partial charge in [0.2, 0.25) is 0 Å². The number of nitrogens with one attached hydrogen (secondary N) is 1. The van der Waals surface area contributed by atoms with Gasteiger partial charge in [-0.25, -0.2) is 4.39 Å².